The number of Topliss-reactive ketones (excluding diaryl/α,β-unsaturated/α-hetero) is 1. The van der Waals surface area contributed by atoms with Crippen molar-refractivity contribution in [2.45, 2.75) is 26.2 Å². The van der Waals surface area contributed by atoms with E-state index < -0.39 is 17.8 Å². The molecule has 7 nitrogen and oxygen atoms in total. The van der Waals surface area contributed by atoms with Crippen molar-refractivity contribution in [1.29, 1.82) is 0 Å². The Morgan fingerprint density at radius 1 is 1.23 bits per heavy atom. The van der Waals surface area contributed by atoms with Crippen LogP contribution < -0.4 is 10.6 Å². The molecule has 2 aliphatic rings. The molecule has 1 aromatic carbocycles. The molecule has 0 saturated carbocycles. The number of ketones is 1. The van der Waals surface area contributed by atoms with Gasteiger partial charge in [-0.25, -0.2) is 4.79 Å². The van der Waals surface area contributed by atoms with Gasteiger partial charge in [0.05, 0.1) is 24.0 Å². The standard InChI is InChI=1S/C19H20N2O5/c1-2-26-19(25)11-6-8-12(9-7-11)20-18(24)13-10-16(23)21-14-4-3-5-15(22)17(13)14/h4,6-9,13,17H,2-3,5,10H2,1H3,(H,20,24)(H,21,23)/t13-,17-/m1/s1. The maximum atomic E-state index is 12.7. The number of ether oxygens (including phenoxy) is 1. The van der Waals surface area contributed by atoms with Crippen molar-refractivity contribution in [3.05, 3.63) is 41.6 Å². The average Bonchev–Trinajstić information content (AvgIpc) is 2.61. The molecule has 2 N–H and O–H groups in total. The van der Waals surface area contributed by atoms with Crippen LogP contribution >= 0.6 is 0 Å². The van der Waals surface area contributed by atoms with E-state index in [9.17, 15) is 19.2 Å². The Bertz CT molecular complexity index is 782. The van der Waals surface area contributed by atoms with Crippen molar-refractivity contribution >= 4 is 29.3 Å². The molecule has 136 valence electrons. The van der Waals surface area contributed by atoms with Crippen LogP contribution in [0, 0.1) is 11.8 Å². The van der Waals surface area contributed by atoms with Crippen LogP contribution in [0.3, 0.4) is 0 Å². The van der Waals surface area contributed by atoms with Crippen LogP contribution in [0.1, 0.15) is 36.5 Å². The Balaban J connectivity index is 1.73. The summed E-state index contributed by atoms with van der Waals surface area (Å²) in [6.07, 6.45) is 2.74. The summed E-state index contributed by atoms with van der Waals surface area (Å²) in [5.41, 5.74) is 1.41. The van der Waals surface area contributed by atoms with Crippen molar-refractivity contribution in [2.24, 2.45) is 11.8 Å². The van der Waals surface area contributed by atoms with Gasteiger partial charge < -0.3 is 15.4 Å². The van der Waals surface area contributed by atoms with E-state index in [1.165, 1.54) is 0 Å². The molecule has 1 saturated heterocycles. The number of carbonyl (C=O) groups is 4. The SMILES string of the molecule is CCOC(=O)c1ccc(NC(=O)[C@@H]2CC(=O)NC3=CCCC(=O)[C@@H]32)cc1. The minimum Gasteiger partial charge on any atom is -0.462 e. The van der Waals surface area contributed by atoms with E-state index in [1.807, 2.05) is 6.08 Å². The van der Waals surface area contributed by atoms with Crippen LogP contribution in [-0.4, -0.2) is 30.2 Å². The van der Waals surface area contributed by atoms with E-state index in [-0.39, 0.29) is 30.6 Å². The molecule has 0 bridgehead atoms. The van der Waals surface area contributed by atoms with Gasteiger partial charge in [-0.2, -0.15) is 0 Å². The Morgan fingerprint density at radius 2 is 1.96 bits per heavy atom. The predicted octanol–water partition coefficient (Wildman–Crippen LogP) is 1.80. The number of piperidine rings is 1. The number of nitrogens with one attached hydrogen (secondary N) is 2. The summed E-state index contributed by atoms with van der Waals surface area (Å²) in [7, 11) is 0. The molecule has 0 aromatic heterocycles. The lowest BCUT2D eigenvalue weighted by atomic mass is 9.76. The third-order valence-corrected chi connectivity index (χ3v) is 4.53. The topological polar surface area (TPSA) is 102 Å². The number of anilines is 1. The van der Waals surface area contributed by atoms with Crippen molar-refractivity contribution in [3.8, 4) is 0 Å². The van der Waals surface area contributed by atoms with Gasteiger partial charge in [0.15, 0.2) is 0 Å². The smallest absolute Gasteiger partial charge is 0.338 e. The molecule has 1 heterocycles. The minimum atomic E-state index is -0.729. The molecule has 3 rings (SSSR count). The molecule has 1 aromatic rings. The number of carbonyl (C=O) groups excluding carboxylic acids is 4. The summed E-state index contributed by atoms with van der Waals surface area (Å²) in [4.78, 5) is 48.5. The van der Waals surface area contributed by atoms with Crippen LogP contribution in [0.15, 0.2) is 36.0 Å². The number of fused-ring (bicyclic) bond motifs is 1. The van der Waals surface area contributed by atoms with Crippen LogP contribution in [0.4, 0.5) is 5.69 Å². The zero-order chi connectivity index (χ0) is 18.7. The third-order valence-electron chi connectivity index (χ3n) is 4.53. The summed E-state index contributed by atoms with van der Waals surface area (Å²) in [5, 5.41) is 5.43. The lowest BCUT2D eigenvalue weighted by Crippen LogP contribution is -2.47. The molecule has 0 unspecified atom stereocenters. The molecule has 2 amide bonds. The minimum absolute atomic E-state index is 0.0273. The number of rotatable bonds is 4. The van der Waals surface area contributed by atoms with Gasteiger partial charge in [0, 0.05) is 24.2 Å². The lowest BCUT2D eigenvalue weighted by Gasteiger charge is -2.34. The highest BCUT2D eigenvalue weighted by molar-refractivity contribution is 6.02. The van der Waals surface area contributed by atoms with E-state index in [1.54, 1.807) is 31.2 Å². The van der Waals surface area contributed by atoms with Crippen molar-refractivity contribution in [1.82, 2.24) is 5.32 Å². The number of hydrogen-bond acceptors (Lipinski definition) is 5. The van der Waals surface area contributed by atoms with Crippen LogP contribution in [-0.2, 0) is 19.1 Å². The monoisotopic (exact) mass is 356 g/mol. The predicted molar refractivity (Wildman–Crippen MR) is 93.1 cm³/mol. The molecular formula is C19H20N2O5. The number of esters is 1. The quantitative estimate of drug-likeness (QED) is 0.801. The zero-order valence-corrected chi connectivity index (χ0v) is 14.4. The third kappa shape index (κ3) is 3.66. The first-order valence-corrected chi connectivity index (χ1v) is 8.60. The molecule has 0 radical (unpaired) electrons. The Hall–Kier alpha value is -2.96. The average molecular weight is 356 g/mol. The van der Waals surface area contributed by atoms with Crippen molar-refractivity contribution in [3.63, 3.8) is 0 Å². The summed E-state index contributed by atoms with van der Waals surface area (Å²) in [6, 6.07) is 6.29. The second kappa shape index (κ2) is 7.51. The van der Waals surface area contributed by atoms with E-state index in [0.29, 0.717) is 29.8 Å². The molecular weight excluding hydrogens is 336 g/mol. The first-order chi connectivity index (χ1) is 12.5. The Morgan fingerprint density at radius 3 is 2.65 bits per heavy atom. The molecule has 1 aliphatic carbocycles. The van der Waals surface area contributed by atoms with Gasteiger partial charge in [0.1, 0.15) is 5.78 Å². The highest BCUT2D eigenvalue weighted by atomic mass is 16.5. The van der Waals surface area contributed by atoms with E-state index >= 15 is 0 Å². The summed E-state index contributed by atoms with van der Waals surface area (Å²) >= 11 is 0. The highest BCUT2D eigenvalue weighted by Gasteiger charge is 2.42. The van der Waals surface area contributed by atoms with Gasteiger partial charge in [0.2, 0.25) is 11.8 Å². The Labute approximate surface area is 150 Å². The van der Waals surface area contributed by atoms with Gasteiger partial charge in [-0.3, -0.25) is 14.4 Å². The first-order valence-electron chi connectivity index (χ1n) is 8.60. The molecule has 7 heteroatoms. The van der Waals surface area contributed by atoms with Crippen molar-refractivity contribution in [2.75, 3.05) is 11.9 Å². The second-order valence-corrected chi connectivity index (χ2v) is 6.29. The van der Waals surface area contributed by atoms with Gasteiger partial charge >= 0.3 is 5.97 Å². The first kappa shape index (κ1) is 17.8. The molecule has 2 atom stereocenters. The molecule has 1 fully saturated rings. The molecule has 1 aliphatic heterocycles. The Kier molecular flexibility index (Phi) is 5.16. The summed E-state index contributed by atoms with van der Waals surface area (Å²) in [6.45, 7) is 2.01. The van der Waals surface area contributed by atoms with Gasteiger partial charge in [-0.15, -0.1) is 0 Å². The number of amides is 2. The molecule has 26 heavy (non-hydrogen) atoms. The lowest BCUT2D eigenvalue weighted by molar-refractivity contribution is -0.135. The maximum absolute atomic E-state index is 12.7. The van der Waals surface area contributed by atoms with Gasteiger partial charge in [-0.1, -0.05) is 6.08 Å². The van der Waals surface area contributed by atoms with Crippen LogP contribution in [0.2, 0.25) is 0 Å². The van der Waals surface area contributed by atoms with E-state index in [2.05, 4.69) is 10.6 Å². The number of benzene rings is 1. The number of allylic oxidation sites excluding steroid dienone is 2. The largest absolute Gasteiger partial charge is 0.462 e. The maximum Gasteiger partial charge on any atom is 0.338 e. The molecule has 0 spiro atoms. The van der Waals surface area contributed by atoms with Crippen LogP contribution in [0.25, 0.3) is 0 Å². The van der Waals surface area contributed by atoms with Crippen LogP contribution in [0.5, 0.6) is 0 Å². The highest BCUT2D eigenvalue weighted by Crippen LogP contribution is 2.33. The fraction of sp³-hybridized carbons (Fsp3) is 0.368. The summed E-state index contributed by atoms with van der Waals surface area (Å²) < 4.78 is 4.91. The van der Waals surface area contributed by atoms with E-state index in [4.69, 9.17) is 4.74 Å². The van der Waals surface area contributed by atoms with Crippen molar-refractivity contribution < 1.29 is 23.9 Å². The summed E-state index contributed by atoms with van der Waals surface area (Å²) in [5.74, 6) is -2.43. The van der Waals surface area contributed by atoms with E-state index in [0.717, 1.165) is 0 Å². The normalized spacial score (nSPS) is 22.0. The second-order valence-electron chi connectivity index (χ2n) is 6.29. The number of hydrogen-bond donors (Lipinski definition) is 2. The van der Waals surface area contributed by atoms with Gasteiger partial charge in [-0.05, 0) is 37.6 Å². The fourth-order valence-corrected chi connectivity index (χ4v) is 3.31. The van der Waals surface area contributed by atoms with Gasteiger partial charge in [0.25, 0.3) is 0 Å². The fourth-order valence-electron chi connectivity index (χ4n) is 3.31. The zero-order valence-electron chi connectivity index (χ0n) is 14.4.